The van der Waals surface area contributed by atoms with Crippen LogP contribution in [0, 0.1) is 11.8 Å². The summed E-state index contributed by atoms with van der Waals surface area (Å²) in [4.78, 5) is 26.5. The summed E-state index contributed by atoms with van der Waals surface area (Å²) >= 11 is 5.99. The zero-order valence-electron chi connectivity index (χ0n) is 13.8. The van der Waals surface area contributed by atoms with Gasteiger partial charge in [-0.15, -0.1) is 0 Å². The van der Waals surface area contributed by atoms with Gasteiger partial charge in [0.25, 0.3) is 0 Å². The maximum absolute atomic E-state index is 12.5. The molecule has 2 aliphatic rings. The third-order valence-corrected chi connectivity index (χ3v) is 5.13. The van der Waals surface area contributed by atoms with E-state index in [1.807, 2.05) is 12.1 Å². The Balaban J connectivity index is 1.50. The van der Waals surface area contributed by atoms with Crippen molar-refractivity contribution in [3.63, 3.8) is 0 Å². The number of carbonyl (C=O) groups is 2. The van der Waals surface area contributed by atoms with Gasteiger partial charge in [-0.1, -0.05) is 17.7 Å². The molecule has 1 aromatic rings. The predicted molar refractivity (Wildman–Crippen MR) is 95.1 cm³/mol. The molecule has 0 spiro atoms. The number of nitrogens with one attached hydrogen (secondary N) is 2. The molecule has 0 bridgehead atoms. The lowest BCUT2D eigenvalue weighted by Gasteiger charge is -2.23. The number of hydrogen-bond donors (Lipinski definition) is 2. The van der Waals surface area contributed by atoms with Crippen LogP contribution in [-0.4, -0.2) is 38.0 Å². The first kappa shape index (κ1) is 17.2. The smallest absolute Gasteiger partial charge is 0.239 e. The Morgan fingerprint density at radius 1 is 1.38 bits per heavy atom. The predicted octanol–water partition coefficient (Wildman–Crippen LogP) is 2.20. The summed E-state index contributed by atoms with van der Waals surface area (Å²) in [6.07, 6.45) is 3.95. The highest BCUT2D eigenvalue weighted by Crippen LogP contribution is 2.27. The highest BCUT2D eigenvalue weighted by Gasteiger charge is 2.37. The SMILES string of the molecule is O=C(NCCC1CCCNC1)C1CCN(c2cccc(Cl)c2)C1=O. The molecule has 24 heavy (non-hydrogen) atoms. The maximum Gasteiger partial charge on any atom is 0.239 e. The van der Waals surface area contributed by atoms with Gasteiger partial charge in [0.1, 0.15) is 5.92 Å². The minimum atomic E-state index is -0.575. The number of benzene rings is 1. The Morgan fingerprint density at radius 2 is 2.25 bits per heavy atom. The molecule has 5 nitrogen and oxygen atoms in total. The van der Waals surface area contributed by atoms with E-state index in [-0.39, 0.29) is 11.8 Å². The van der Waals surface area contributed by atoms with E-state index < -0.39 is 5.92 Å². The second kappa shape index (κ2) is 7.99. The van der Waals surface area contributed by atoms with E-state index in [0.717, 1.165) is 25.2 Å². The zero-order chi connectivity index (χ0) is 16.9. The largest absolute Gasteiger partial charge is 0.355 e. The van der Waals surface area contributed by atoms with Crippen LogP contribution in [-0.2, 0) is 9.59 Å². The van der Waals surface area contributed by atoms with Crippen molar-refractivity contribution < 1.29 is 9.59 Å². The first-order valence-electron chi connectivity index (χ1n) is 8.70. The van der Waals surface area contributed by atoms with Crippen LogP contribution in [0.25, 0.3) is 0 Å². The van der Waals surface area contributed by atoms with Crippen LogP contribution in [0.15, 0.2) is 24.3 Å². The normalized spacial score (nSPS) is 24.2. The number of anilines is 1. The highest BCUT2D eigenvalue weighted by molar-refractivity contribution is 6.31. The van der Waals surface area contributed by atoms with Crippen molar-refractivity contribution >= 4 is 29.1 Å². The number of rotatable bonds is 5. The number of carbonyl (C=O) groups excluding carboxylic acids is 2. The molecule has 2 heterocycles. The Hall–Kier alpha value is -1.59. The van der Waals surface area contributed by atoms with E-state index in [2.05, 4.69) is 10.6 Å². The van der Waals surface area contributed by atoms with Gasteiger partial charge < -0.3 is 15.5 Å². The summed E-state index contributed by atoms with van der Waals surface area (Å²) in [5.41, 5.74) is 0.760. The molecule has 0 aliphatic carbocycles. The van der Waals surface area contributed by atoms with E-state index in [9.17, 15) is 9.59 Å². The maximum atomic E-state index is 12.5. The highest BCUT2D eigenvalue weighted by atomic mass is 35.5. The van der Waals surface area contributed by atoms with Crippen LogP contribution in [0.5, 0.6) is 0 Å². The first-order chi connectivity index (χ1) is 11.6. The van der Waals surface area contributed by atoms with E-state index in [4.69, 9.17) is 11.6 Å². The van der Waals surface area contributed by atoms with Crippen LogP contribution >= 0.6 is 11.6 Å². The van der Waals surface area contributed by atoms with E-state index >= 15 is 0 Å². The molecular weight excluding hydrogens is 326 g/mol. The lowest BCUT2D eigenvalue weighted by atomic mass is 9.96. The fourth-order valence-corrected chi connectivity index (χ4v) is 3.70. The minimum absolute atomic E-state index is 0.130. The number of nitrogens with zero attached hydrogens (tertiary/aromatic N) is 1. The molecule has 6 heteroatoms. The molecule has 2 atom stereocenters. The molecule has 0 aromatic heterocycles. The molecule has 2 aliphatic heterocycles. The molecule has 1 aromatic carbocycles. The summed E-state index contributed by atoms with van der Waals surface area (Å²) in [7, 11) is 0. The van der Waals surface area contributed by atoms with Gasteiger partial charge in [-0.05, 0) is 62.9 Å². The standard InChI is InChI=1S/C18H24ClN3O2/c19-14-4-1-5-15(11-14)22-10-7-16(18(22)24)17(23)21-9-6-13-3-2-8-20-12-13/h1,4-5,11,13,16,20H,2-3,6-10,12H2,(H,21,23). The fraction of sp³-hybridized carbons (Fsp3) is 0.556. The summed E-state index contributed by atoms with van der Waals surface area (Å²) in [5.74, 6) is -0.225. The van der Waals surface area contributed by atoms with Gasteiger partial charge in [0.2, 0.25) is 11.8 Å². The van der Waals surface area contributed by atoms with Crippen LogP contribution < -0.4 is 15.5 Å². The second-order valence-electron chi connectivity index (χ2n) is 6.60. The van der Waals surface area contributed by atoms with Gasteiger partial charge in [-0.2, -0.15) is 0 Å². The monoisotopic (exact) mass is 349 g/mol. The van der Waals surface area contributed by atoms with Gasteiger partial charge in [-0.25, -0.2) is 0 Å². The summed E-state index contributed by atoms with van der Waals surface area (Å²) in [6.45, 7) is 3.33. The lowest BCUT2D eigenvalue weighted by Crippen LogP contribution is -2.38. The molecule has 2 saturated heterocycles. The van der Waals surface area contributed by atoms with Crippen molar-refractivity contribution in [2.24, 2.45) is 11.8 Å². The molecule has 0 radical (unpaired) electrons. The molecule has 2 unspecified atom stereocenters. The fourth-order valence-electron chi connectivity index (χ4n) is 3.52. The zero-order valence-corrected chi connectivity index (χ0v) is 14.5. The average molecular weight is 350 g/mol. The minimum Gasteiger partial charge on any atom is -0.355 e. The number of hydrogen-bond acceptors (Lipinski definition) is 3. The third kappa shape index (κ3) is 4.08. The average Bonchev–Trinajstić information content (AvgIpc) is 2.97. The van der Waals surface area contributed by atoms with Gasteiger partial charge in [0.05, 0.1) is 0 Å². The first-order valence-corrected chi connectivity index (χ1v) is 9.08. The lowest BCUT2D eigenvalue weighted by molar-refractivity contribution is -0.132. The molecule has 2 amide bonds. The van der Waals surface area contributed by atoms with Crippen molar-refractivity contribution in [1.29, 1.82) is 0 Å². The van der Waals surface area contributed by atoms with Crippen LogP contribution in [0.3, 0.4) is 0 Å². The van der Waals surface area contributed by atoms with Crippen molar-refractivity contribution in [1.82, 2.24) is 10.6 Å². The number of halogens is 1. The molecular formula is C18H24ClN3O2. The Bertz CT molecular complexity index is 602. The van der Waals surface area contributed by atoms with Crippen molar-refractivity contribution in [3.8, 4) is 0 Å². The molecule has 2 fully saturated rings. The van der Waals surface area contributed by atoms with E-state index in [1.165, 1.54) is 12.8 Å². The summed E-state index contributed by atoms with van der Waals surface area (Å²) < 4.78 is 0. The molecule has 3 rings (SSSR count). The molecule has 2 N–H and O–H groups in total. The van der Waals surface area contributed by atoms with Gasteiger partial charge >= 0.3 is 0 Å². The second-order valence-corrected chi connectivity index (χ2v) is 7.04. The summed E-state index contributed by atoms with van der Waals surface area (Å²) in [6, 6.07) is 7.20. The van der Waals surface area contributed by atoms with Crippen molar-refractivity contribution in [2.45, 2.75) is 25.7 Å². The van der Waals surface area contributed by atoms with Crippen LogP contribution in [0.4, 0.5) is 5.69 Å². The number of amides is 2. The number of piperidine rings is 1. The summed E-state index contributed by atoms with van der Waals surface area (Å²) in [5, 5.41) is 6.92. The Kier molecular flexibility index (Phi) is 5.74. The van der Waals surface area contributed by atoms with Crippen molar-refractivity contribution in [2.75, 3.05) is 31.1 Å². The van der Waals surface area contributed by atoms with Gasteiger partial charge in [0, 0.05) is 23.8 Å². The van der Waals surface area contributed by atoms with Crippen LogP contribution in [0.2, 0.25) is 5.02 Å². The van der Waals surface area contributed by atoms with Crippen molar-refractivity contribution in [3.05, 3.63) is 29.3 Å². The van der Waals surface area contributed by atoms with Crippen LogP contribution in [0.1, 0.15) is 25.7 Å². The topological polar surface area (TPSA) is 61.4 Å². The van der Waals surface area contributed by atoms with Gasteiger partial charge in [0.15, 0.2) is 0 Å². The van der Waals surface area contributed by atoms with Gasteiger partial charge in [-0.3, -0.25) is 9.59 Å². The van der Waals surface area contributed by atoms with E-state index in [1.54, 1.807) is 17.0 Å². The Labute approximate surface area is 147 Å². The Morgan fingerprint density at radius 3 is 3.00 bits per heavy atom. The quantitative estimate of drug-likeness (QED) is 0.801. The third-order valence-electron chi connectivity index (χ3n) is 4.89. The molecule has 130 valence electrons. The van der Waals surface area contributed by atoms with E-state index in [0.29, 0.717) is 30.5 Å². The molecule has 0 saturated carbocycles.